The van der Waals surface area contributed by atoms with Gasteiger partial charge < -0.3 is 9.84 Å². The first-order chi connectivity index (χ1) is 5.92. The Morgan fingerprint density at radius 1 is 1.42 bits per heavy atom. The van der Waals surface area contributed by atoms with Crippen molar-refractivity contribution in [1.29, 1.82) is 0 Å². The molecule has 1 aliphatic carbocycles. The summed E-state index contributed by atoms with van der Waals surface area (Å²) in [6.45, 7) is 0.808. The highest BCUT2D eigenvalue weighted by atomic mass is 16.5. The topological polar surface area (TPSA) is 38.1 Å². The summed E-state index contributed by atoms with van der Waals surface area (Å²) in [4.78, 5) is 0. The van der Waals surface area contributed by atoms with Crippen molar-refractivity contribution in [3.05, 3.63) is 17.0 Å². The first-order valence-corrected chi connectivity index (χ1v) is 4.52. The number of nitrogens with zero attached hydrogens (tertiary/aromatic N) is 1. The van der Waals surface area contributed by atoms with Crippen LogP contribution in [0.4, 0.5) is 0 Å². The molecular formula is C9H14N2O. The molecule has 0 amide bonds. The van der Waals surface area contributed by atoms with E-state index in [0.29, 0.717) is 0 Å². The van der Waals surface area contributed by atoms with Gasteiger partial charge in [0.1, 0.15) is 0 Å². The number of fused-ring (bicyclic) bond motifs is 1. The van der Waals surface area contributed by atoms with E-state index in [9.17, 15) is 0 Å². The normalized spacial score (nSPS) is 16.1. The second kappa shape index (κ2) is 3.27. The van der Waals surface area contributed by atoms with E-state index in [2.05, 4.69) is 10.5 Å². The molecule has 1 N–H and O–H groups in total. The van der Waals surface area contributed by atoms with Crippen LogP contribution in [0.1, 0.15) is 29.9 Å². The number of aromatic nitrogens is 1. The summed E-state index contributed by atoms with van der Waals surface area (Å²) in [5.74, 6) is 1.03. The third-order valence-electron chi connectivity index (χ3n) is 2.38. The van der Waals surface area contributed by atoms with Crippen LogP contribution < -0.4 is 5.32 Å². The molecule has 0 saturated carbocycles. The molecule has 1 heterocycles. The monoisotopic (exact) mass is 166 g/mol. The zero-order chi connectivity index (χ0) is 8.39. The fourth-order valence-electron chi connectivity index (χ4n) is 1.76. The highest BCUT2D eigenvalue weighted by Crippen LogP contribution is 2.23. The molecule has 0 atom stereocenters. The maximum Gasteiger partial charge on any atom is 0.153 e. The Hall–Kier alpha value is -0.830. The lowest BCUT2D eigenvalue weighted by molar-refractivity contribution is 0.371. The summed E-state index contributed by atoms with van der Waals surface area (Å²) in [6, 6.07) is 0. The van der Waals surface area contributed by atoms with E-state index in [0.717, 1.165) is 25.1 Å². The average molecular weight is 166 g/mol. The number of aryl methyl sites for hydroxylation is 1. The third kappa shape index (κ3) is 1.25. The Morgan fingerprint density at radius 3 is 3.08 bits per heavy atom. The van der Waals surface area contributed by atoms with Crippen molar-refractivity contribution >= 4 is 0 Å². The zero-order valence-corrected chi connectivity index (χ0v) is 7.39. The standard InChI is InChI=1S/C9H14N2O/c1-10-6-9-7-4-2-3-5-8(7)11-12-9/h10H,2-6H2,1H3. The van der Waals surface area contributed by atoms with Crippen LogP contribution in [0.25, 0.3) is 0 Å². The molecule has 0 fully saturated rings. The van der Waals surface area contributed by atoms with Gasteiger partial charge in [-0.2, -0.15) is 0 Å². The smallest absolute Gasteiger partial charge is 0.153 e. The van der Waals surface area contributed by atoms with E-state index in [-0.39, 0.29) is 0 Å². The summed E-state index contributed by atoms with van der Waals surface area (Å²) in [7, 11) is 1.93. The lowest BCUT2D eigenvalue weighted by Crippen LogP contribution is -2.08. The quantitative estimate of drug-likeness (QED) is 0.719. The van der Waals surface area contributed by atoms with Crippen LogP contribution in [0.3, 0.4) is 0 Å². The van der Waals surface area contributed by atoms with Crippen LogP contribution >= 0.6 is 0 Å². The maximum absolute atomic E-state index is 5.25. The van der Waals surface area contributed by atoms with Crippen molar-refractivity contribution in [2.75, 3.05) is 7.05 Å². The second-order valence-electron chi connectivity index (χ2n) is 3.27. The number of hydrogen-bond donors (Lipinski definition) is 1. The van der Waals surface area contributed by atoms with Crippen molar-refractivity contribution in [2.24, 2.45) is 0 Å². The minimum atomic E-state index is 0.808. The summed E-state index contributed by atoms with van der Waals surface area (Å²) in [5.41, 5.74) is 2.54. The molecule has 1 aromatic rings. The van der Waals surface area contributed by atoms with Crippen LogP contribution in [-0.2, 0) is 19.4 Å². The van der Waals surface area contributed by atoms with Crippen molar-refractivity contribution < 1.29 is 4.52 Å². The number of hydrogen-bond acceptors (Lipinski definition) is 3. The molecule has 0 radical (unpaired) electrons. The maximum atomic E-state index is 5.25. The first-order valence-electron chi connectivity index (χ1n) is 4.52. The zero-order valence-electron chi connectivity index (χ0n) is 7.39. The molecule has 0 unspecified atom stereocenters. The van der Waals surface area contributed by atoms with E-state index < -0.39 is 0 Å². The van der Waals surface area contributed by atoms with Gasteiger partial charge in [-0.3, -0.25) is 0 Å². The van der Waals surface area contributed by atoms with Crippen LogP contribution in [-0.4, -0.2) is 12.2 Å². The summed E-state index contributed by atoms with van der Waals surface area (Å²) in [5, 5.41) is 7.15. The lowest BCUT2D eigenvalue weighted by atomic mass is 9.96. The summed E-state index contributed by atoms with van der Waals surface area (Å²) >= 11 is 0. The number of nitrogens with one attached hydrogen (secondary N) is 1. The predicted octanol–water partition coefficient (Wildman–Crippen LogP) is 1.27. The molecule has 0 bridgehead atoms. The van der Waals surface area contributed by atoms with Gasteiger partial charge in [-0.15, -0.1) is 0 Å². The molecule has 0 spiro atoms. The van der Waals surface area contributed by atoms with E-state index in [1.165, 1.54) is 24.1 Å². The predicted molar refractivity (Wildman–Crippen MR) is 45.9 cm³/mol. The summed E-state index contributed by atoms with van der Waals surface area (Å²) in [6.07, 6.45) is 4.79. The third-order valence-corrected chi connectivity index (χ3v) is 2.38. The van der Waals surface area contributed by atoms with Gasteiger partial charge in [0.05, 0.1) is 12.2 Å². The van der Waals surface area contributed by atoms with E-state index >= 15 is 0 Å². The summed E-state index contributed by atoms with van der Waals surface area (Å²) < 4.78 is 5.25. The largest absolute Gasteiger partial charge is 0.359 e. The Bertz CT molecular complexity index is 267. The van der Waals surface area contributed by atoms with Gasteiger partial charge in [-0.1, -0.05) is 5.16 Å². The molecule has 3 heteroatoms. The van der Waals surface area contributed by atoms with Crippen molar-refractivity contribution in [3.63, 3.8) is 0 Å². The van der Waals surface area contributed by atoms with Gasteiger partial charge in [0.25, 0.3) is 0 Å². The van der Waals surface area contributed by atoms with Crippen LogP contribution in [0.5, 0.6) is 0 Å². The van der Waals surface area contributed by atoms with Crippen molar-refractivity contribution in [3.8, 4) is 0 Å². The molecule has 2 rings (SSSR count). The molecule has 0 aromatic carbocycles. The second-order valence-corrected chi connectivity index (χ2v) is 3.27. The molecule has 66 valence electrons. The van der Waals surface area contributed by atoms with Crippen LogP contribution in [0, 0.1) is 0 Å². The average Bonchev–Trinajstić information content (AvgIpc) is 2.50. The fourth-order valence-corrected chi connectivity index (χ4v) is 1.76. The Kier molecular flexibility index (Phi) is 2.13. The molecule has 1 aliphatic rings. The van der Waals surface area contributed by atoms with Gasteiger partial charge in [0.15, 0.2) is 5.76 Å². The van der Waals surface area contributed by atoms with E-state index in [1.807, 2.05) is 7.05 Å². The van der Waals surface area contributed by atoms with Gasteiger partial charge in [0.2, 0.25) is 0 Å². The fraction of sp³-hybridized carbons (Fsp3) is 0.667. The Balaban J connectivity index is 2.25. The lowest BCUT2D eigenvalue weighted by Gasteiger charge is -2.08. The first kappa shape index (κ1) is 7.80. The van der Waals surface area contributed by atoms with E-state index in [1.54, 1.807) is 0 Å². The minimum absolute atomic E-state index is 0.808. The molecule has 1 aromatic heterocycles. The molecule has 0 aliphatic heterocycles. The highest BCUT2D eigenvalue weighted by Gasteiger charge is 2.17. The van der Waals surface area contributed by atoms with E-state index in [4.69, 9.17) is 4.52 Å². The Morgan fingerprint density at radius 2 is 2.25 bits per heavy atom. The molecule has 0 saturated heterocycles. The SMILES string of the molecule is CNCc1onc2c1CCCC2. The number of rotatable bonds is 2. The van der Waals surface area contributed by atoms with Crippen molar-refractivity contribution in [2.45, 2.75) is 32.2 Å². The van der Waals surface area contributed by atoms with Crippen LogP contribution in [0.2, 0.25) is 0 Å². The van der Waals surface area contributed by atoms with Gasteiger partial charge in [-0.05, 0) is 32.7 Å². The highest BCUT2D eigenvalue weighted by molar-refractivity contribution is 5.25. The molecular weight excluding hydrogens is 152 g/mol. The molecule has 12 heavy (non-hydrogen) atoms. The minimum Gasteiger partial charge on any atom is -0.359 e. The van der Waals surface area contributed by atoms with Gasteiger partial charge >= 0.3 is 0 Å². The van der Waals surface area contributed by atoms with Crippen LogP contribution in [0.15, 0.2) is 4.52 Å². The molecule has 3 nitrogen and oxygen atoms in total. The van der Waals surface area contributed by atoms with Gasteiger partial charge in [0, 0.05) is 5.56 Å². The van der Waals surface area contributed by atoms with Crippen molar-refractivity contribution in [1.82, 2.24) is 10.5 Å². The van der Waals surface area contributed by atoms with Gasteiger partial charge in [-0.25, -0.2) is 0 Å². The Labute approximate surface area is 72.1 Å².